The lowest BCUT2D eigenvalue weighted by Gasteiger charge is -2.32. The van der Waals surface area contributed by atoms with Gasteiger partial charge in [0, 0.05) is 31.0 Å². The van der Waals surface area contributed by atoms with Crippen molar-refractivity contribution in [1.82, 2.24) is 10.2 Å². The summed E-state index contributed by atoms with van der Waals surface area (Å²) in [5.41, 5.74) is 1.39. The third-order valence-corrected chi connectivity index (χ3v) is 5.57. The van der Waals surface area contributed by atoms with Crippen LogP contribution >= 0.6 is 0 Å². The summed E-state index contributed by atoms with van der Waals surface area (Å²) in [7, 11) is 0. The molecule has 1 N–H and O–H groups in total. The summed E-state index contributed by atoms with van der Waals surface area (Å²) < 4.78 is 14.3. The van der Waals surface area contributed by atoms with Crippen molar-refractivity contribution in [3.05, 3.63) is 71.5 Å². The van der Waals surface area contributed by atoms with Crippen LogP contribution in [0, 0.1) is 5.82 Å². The van der Waals surface area contributed by atoms with Crippen LogP contribution in [0.3, 0.4) is 0 Å². The zero-order valence-electron chi connectivity index (χ0n) is 16.9. The summed E-state index contributed by atoms with van der Waals surface area (Å²) in [5, 5.41) is 3.13. The van der Waals surface area contributed by atoms with E-state index < -0.39 is 6.04 Å². The lowest BCUT2D eigenvalue weighted by molar-refractivity contribution is -0.141. The van der Waals surface area contributed by atoms with E-state index in [1.165, 1.54) is 11.0 Å². The van der Waals surface area contributed by atoms with Gasteiger partial charge in [-0.3, -0.25) is 9.59 Å². The summed E-state index contributed by atoms with van der Waals surface area (Å²) in [6.45, 7) is 1.85. The predicted octanol–water partition coefficient (Wildman–Crippen LogP) is 4.23. The lowest BCUT2D eigenvalue weighted by atomic mass is 10.0. The Balaban J connectivity index is 1.88. The van der Waals surface area contributed by atoms with Gasteiger partial charge < -0.3 is 10.2 Å². The van der Waals surface area contributed by atoms with Crippen molar-refractivity contribution in [2.75, 3.05) is 0 Å². The number of nitrogens with zero attached hydrogens (tertiary/aromatic N) is 1. The number of benzene rings is 2. The molecule has 4 nitrogen and oxygen atoms in total. The molecule has 0 aromatic heterocycles. The highest BCUT2D eigenvalue weighted by molar-refractivity contribution is 5.88. The average Bonchev–Trinajstić information content (AvgIpc) is 3.25. The minimum absolute atomic E-state index is 0.0783. The molecule has 0 saturated heterocycles. The highest BCUT2D eigenvalue weighted by Gasteiger charge is 2.31. The number of hydrogen-bond donors (Lipinski definition) is 1. The molecule has 1 saturated carbocycles. The van der Waals surface area contributed by atoms with Gasteiger partial charge in [0.15, 0.2) is 0 Å². The van der Waals surface area contributed by atoms with E-state index in [2.05, 4.69) is 5.32 Å². The van der Waals surface area contributed by atoms with E-state index in [0.29, 0.717) is 12.0 Å². The molecule has 2 amide bonds. The molecule has 0 unspecified atom stereocenters. The Bertz CT molecular complexity index is 819. The van der Waals surface area contributed by atoms with E-state index in [-0.39, 0.29) is 36.6 Å². The second-order valence-electron chi connectivity index (χ2n) is 7.66. The Morgan fingerprint density at radius 3 is 2.38 bits per heavy atom. The maximum Gasteiger partial charge on any atom is 0.243 e. The van der Waals surface area contributed by atoms with Gasteiger partial charge in [0.1, 0.15) is 11.9 Å². The van der Waals surface area contributed by atoms with Crippen molar-refractivity contribution in [3.8, 4) is 0 Å². The summed E-state index contributed by atoms with van der Waals surface area (Å²) in [4.78, 5) is 27.6. The number of halogens is 1. The third-order valence-electron chi connectivity index (χ3n) is 5.57. The van der Waals surface area contributed by atoms with E-state index in [0.717, 1.165) is 31.2 Å². The number of amides is 2. The van der Waals surface area contributed by atoms with E-state index in [1.54, 1.807) is 25.1 Å². The highest BCUT2D eigenvalue weighted by Crippen LogP contribution is 2.20. The quantitative estimate of drug-likeness (QED) is 0.726. The van der Waals surface area contributed by atoms with Crippen LogP contribution < -0.4 is 5.32 Å². The smallest absolute Gasteiger partial charge is 0.243 e. The maximum absolute atomic E-state index is 14.3. The topological polar surface area (TPSA) is 49.4 Å². The molecule has 0 bridgehead atoms. The predicted molar refractivity (Wildman–Crippen MR) is 112 cm³/mol. The van der Waals surface area contributed by atoms with E-state index >= 15 is 0 Å². The first kappa shape index (κ1) is 21.0. The second kappa shape index (κ2) is 10.2. The van der Waals surface area contributed by atoms with Gasteiger partial charge in [-0.1, -0.05) is 68.3 Å². The second-order valence-corrected chi connectivity index (χ2v) is 7.66. The Morgan fingerprint density at radius 1 is 1.07 bits per heavy atom. The van der Waals surface area contributed by atoms with Gasteiger partial charge >= 0.3 is 0 Å². The molecule has 5 heteroatoms. The van der Waals surface area contributed by atoms with Crippen LogP contribution in [0.2, 0.25) is 0 Å². The maximum atomic E-state index is 14.3. The van der Waals surface area contributed by atoms with Crippen molar-refractivity contribution in [2.45, 2.75) is 64.1 Å². The first-order valence-electron chi connectivity index (χ1n) is 10.5. The van der Waals surface area contributed by atoms with Crippen molar-refractivity contribution in [1.29, 1.82) is 0 Å². The van der Waals surface area contributed by atoms with Crippen molar-refractivity contribution in [2.24, 2.45) is 0 Å². The Labute approximate surface area is 172 Å². The molecule has 154 valence electrons. The molecule has 1 atom stereocenters. The number of rotatable bonds is 8. The molecule has 1 fully saturated rings. The van der Waals surface area contributed by atoms with Crippen molar-refractivity contribution in [3.63, 3.8) is 0 Å². The molecular formula is C24H29FN2O2. The normalized spacial score (nSPS) is 15.1. The standard InChI is InChI=1S/C24H29FN2O2/c1-2-23(28)27(17-19-12-6-9-15-21(19)25)22(16-18-10-4-3-5-11-18)24(29)26-20-13-7-8-14-20/h3-6,9-12,15,20,22H,2,7-8,13-14,16-17H2,1H3,(H,26,29)/t22-/m1/s1. The van der Waals surface area contributed by atoms with Gasteiger partial charge in [-0.2, -0.15) is 0 Å². The molecule has 0 spiro atoms. The molecule has 1 aliphatic carbocycles. The first-order chi connectivity index (χ1) is 14.1. The molecule has 1 aliphatic rings. The van der Waals surface area contributed by atoms with E-state index in [1.807, 2.05) is 30.3 Å². The summed E-state index contributed by atoms with van der Waals surface area (Å²) in [6, 6.07) is 15.6. The van der Waals surface area contributed by atoms with Crippen LogP contribution in [-0.4, -0.2) is 28.8 Å². The number of carbonyl (C=O) groups is 2. The summed E-state index contributed by atoms with van der Waals surface area (Å²) >= 11 is 0. The fraction of sp³-hybridized carbons (Fsp3) is 0.417. The SMILES string of the molecule is CCC(=O)N(Cc1ccccc1F)[C@H](Cc1ccccc1)C(=O)NC1CCCC1. The van der Waals surface area contributed by atoms with Crippen molar-refractivity contribution < 1.29 is 14.0 Å². The highest BCUT2D eigenvalue weighted by atomic mass is 19.1. The van der Waals surface area contributed by atoms with Gasteiger partial charge in [0.25, 0.3) is 0 Å². The van der Waals surface area contributed by atoms with Crippen LogP contribution in [0.5, 0.6) is 0 Å². The first-order valence-corrected chi connectivity index (χ1v) is 10.5. The fourth-order valence-corrected chi connectivity index (χ4v) is 3.93. The number of carbonyl (C=O) groups excluding carboxylic acids is 2. The van der Waals surface area contributed by atoms with E-state index in [4.69, 9.17) is 0 Å². The average molecular weight is 397 g/mol. The molecule has 3 rings (SSSR count). The largest absolute Gasteiger partial charge is 0.352 e. The molecule has 0 aliphatic heterocycles. The Kier molecular flexibility index (Phi) is 7.39. The zero-order valence-corrected chi connectivity index (χ0v) is 16.9. The molecule has 29 heavy (non-hydrogen) atoms. The molecule has 2 aromatic rings. The molecular weight excluding hydrogens is 367 g/mol. The van der Waals surface area contributed by atoms with Crippen LogP contribution in [-0.2, 0) is 22.6 Å². The van der Waals surface area contributed by atoms with Crippen LogP contribution in [0.25, 0.3) is 0 Å². The molecule has 2 aromatic carbocycles. The summed E-state index contributed by atoms with van der Waals surface area (Å²) in [5.74, 6) is -0.675. The number of hydrogen-bond acceptors (Lipinski definition) is 2. The Morgan fingerprint density at radius 2 is 1.72 bits per heavy atom. The van der Waals surface area contributed by atoms with E-state index in [9.17, 15) is 14.0 Å². The fourth-order valence-electron chi connectivity index (χ4n) is 3.93. The minimum atomic E-state index is -0.676. The summed E-state index contributed by atoms with van der Waals surface area (Å²) in [6.07, 6.45) is 4.83. The van der Waals surface area contributed by atoms with Crippen LogP contribution in [0.4, 0.5) is 4.39 Å². The number of nitrogens with one attached hydrogen (secondary N) is 1. The van der Waals surface area contributed by atoms with Gasteiger partial charge in [-0.05, 0) is 24.5 Å². The minimum Gasteiger partial charge on any atom is -0.352 e. The van der Waals surface area contributed by atoms with Gasteiger partial charge in [0.2, 0.25) is 11.8 Å². The Hall–Kier alpha value is -2.69. The van der Waals surface area contributed by atoms with Crippen LogP contribution in [0.1, 0.15) is 50.2 Å². The monoisotopic (exact) mass is 396 g/mol. The van der Waals surface area contributed by atoms with Gasteiger partial charge in [-0.15, -0.1) is 0 Å². The van der Waals surface area contributed by atoms with Crippen molar-refractivity contribution >= 4 is 11.8 Å². The molecule has 0 heterocycles. The van der Waals surface area contributed by atoms with Crippen LogP contribution in [0.15, 0.2) is 54.6 Å². The zero-order chi connectivity index (χ0) is 20.6. The third kappa shape index (κ3) is 5.66. The van der Waals surface area contributed by atoms with Gasteiger partial charge in [-0.25, -0.2) is 4.39 Å². The lowest BCUT2D eigenvalue weighted by Crippen LogP contribution is -2.52. The van der Waals surface area contributed by atoms with Gasteiger partial charge in [0.05, 0.1) is 0 Å². The molecule has 0 radical (unpaired) electrons.